The Hall–Kier alpha value is -1.78. The molecule has 3 nitrogen and oxygen atoms in total. The molecule has 14 heavy (non-hydrogen) atoms. The highest BCUT2D eigenvalue weighted by Crippen LogP contribution is 2.12. The average Bonchev–Trinajstić information content (AvgIpc) is 2.11. The molecule has 1 rings (SSSR count). The van der Waals surface area contributed by atoms with E-state index in [4.69, 9.17) is 5.11 Å². The van der Waals surface area contributed by atoms with Gasteiger partial charge in [-0.05, 0) is 12.1 Å². The first kappa shape index (κ1) is 10.3. The molecule has 0 amide bonds. The summed E-state index contributed by atoms with van der Waals surface area (Å²) in [6.07, 6.45) is -0.770. The number of hydrogen-bond acceptors (Lipinski definition) is 2. The van der Waals surface area contributed by atoms with Gasteiger partial charge in [-0.15, -0.1) is 0 Å². The topological polar surface area (TPSA) is 54.4 Å². The fourth-order valence-electron chi connectivity index (χ4n) is 0.937. The molecule has 0 aliphatic heterocycles. The van der Waals surface area contributed by atoms with Gasteiger partial charge in [-0.25, -0.2) is 13.6 Å². The summed E-state index contributed by atoms with van der Waals surface area (Å²) in [6.45, 7) is 0. The molecule has 0 heterocycles. The molecule has 0 radical (unpaired) electrons. The number of carboxylic acid groups (broad SMARTS) is 1. The van der Waals surface area contributed by atoms with Crippen LogP contribution in [0.15, 0.2) is 18.2 Å². The third-order valence-corrected chi connectivity index (χ3v) is 1.64. The molecule has 1 aromatic rings. The highest BCUT2D eigenvalue weighted by molar-refractivity contribution is 6.33. The number of carbonyl (C=O) groups excluding carboxylic acids is 1. The first-order valence-corrected chi connectivity index (χ1v) is 3.71. The zero-order valence-corrected chi connectivity index (χ0v) is 6.96. The Kier molecular flexibility index (Phi) is 2.91. The van der Waals surface area contributed by atoms with E-state index in [2.05, 4.69) is 0 Å². The van der Waals surface area contributed by atoms with Crippen LogP contribution in [0.4, 0.5) is 8.78 Å². The molecule has 0 saturated carbocycles. The Balaban J connectivity index is 2.97. The smallest absolute Gasteiger partial charge is 0.372 e. The Morgan fingerprint density at radius 1 is 1.21 bits per heavy atom. The number of Topliss-reactive ketones (excluding diaryl/α,β-unsaturated/α-hetero) is 1. The van der Waals surface area contributed by atoms with Crippen LogP contribution >= 0.6 is 0 Å². The molecular weight excluding hydrogens is 194 g/mol. The summed E-state index contributed by atoms with van der Waals surface area (Å²) < 4.78 is 25.8. The molecule has 0 aromatic heterocycles. The first-order valence-electron chi connectivity index (χ1n) is 3.71. The summed E-state index contributed by atoms with van der Waals surface area (Å²) in [4.78, 5) is 20.8. The van der Waals surface area contributed by atoms with Crippen LogP contribution in [0.25, 0.3) is 0 Å². The second-order valence-electron chi connectivity index (χ2n) is 2.61. The van der Waals surface area contributed by atoms with Gasteiger partial charge in [-0.3, -0.25) is 4.79 Å². The summed E-state index contributed by atoms with van der Waals surface area (Å²) in [5, 5.41) is 8.23. The average molecular weight is 200 g/mol. The summed E-state index contributed by atoms with van der Waals surface area (Å²) in [7, 11) is 0. The molecule has 1 aromatic carbocycles. The standard InChI is InChI=1S/C9H6F2O3/c10-6-2-1-3-7(11)5(6)4-8(12)9(13)14/h1-3H,4H2,(H,13,14). The van der Waals surface area contributed by atoms with Crippen LogP contribution in [0.2, 0.25) is 0 Å². The van der Waals surface area contributed by atoms with Crippen LogP contribution in [-0.4, -0.2) is 16.9 Å². The van der Waals surface area contributed by atoms with Crippen LogP contribution in [0.3, 0.4) is 0 Å². The highest BCUT2D eigenvalue weighted by atomic mass is 19.1. The first-order chi connectivity index (χ1) is 6.52. The minimum atomic E-state index is -1.70. The van der Waals surface area contributed by atoms with Crippen molar-refractivity contribution in [3.8, 4) is 0 Å². The summed E-state index contributed by atoms with van der Waals surface area (Å²) in [5.74, 6) is -4.78. The number of rotatable bonds is 3. The quantitative estimate of drug-likeness (QED) is 0.745. The monoisotopic (exact) mass is 200 g/mol. The molecule has 1 N–H and O–H groups in total. The van der Waals surface area contributed by atoms with Crippen molar-refractivity contribution in [2.75, 3.05) is 0 Å². The van der Waals surface area contributed by atoms with Crippen molar-refractivity contribution in [3.05, 3.63) is 35.4 Å². The molecule has 74 valence electrons. The maximum atomic E-state index is 12.9. The van der Waals surface area contributed by atoms with Gasteiger partial charge in [0.25, 0.3) is 0 Å². The highest BCUT2D eigenvalue weighted by Gasteiger charge is 2.17. The van der Waals surface area contributed by atoms with E-state index in [0.717, 1.165) is 18.2 Å². The van der Waals surface area contributed by atoms with Crippen molar-refractivity contribution >= 4 is 11.8 Å². The molecule has 0 fully saturated rings. The Morgan fingerprint density at radius 2 is 1.71 bits per heavy atom. The Labute approximate surface area is 78.0 Å². The van der Waals surface area contributed by atoms with E-state index in [1.807, 2.05) is 0 Å². The van der Waals surface area contributed by atoms with Gasteiger partial charge in [0.1, 0.15) is 11.6 Å². The van der Waals surface area contributed by atoms with Crippen LogP contribution in [0, 0.1) is 11.6 Å². The van der Waals surface area contributed by atoms with Crippen molar-refractivity contribution in [2.45, 2.75) is 6.42 Å². The van der Waals surface area contributed by atoms with Crippen molar-refractivity contribution in [3.63, 3.8) is 0 Å². The van der Waals surface area contributed by atoms with Gasteiger partial charge in [0.05, 0.1) is 0 Å². The zero-order chi connectivity index (χ0) is 10.7. The fourth-order valence-corrected chi connectivity index (χ4v) is 0.937. The molecule has 0 unspecified atom stereocenters. The maximum absolute atomic E-state index is 12.9. The fraction of sp³-hybridized carbons (Fsp3) is 0.111. The Morgan fingerprint density at radius 3 is 2.14 bits per heavy atom. The normalized spacial score (nSPS) is 9.86. The van der Waals surface area contributed by atoms with Crippen molar-refractivity contribution < 1.29 is 23.5 Å². The second-order valence-corrected chi connectivity index (χ2v) is 2.61. The third-order valence-electron chi connectivity index (χ3n) is 1.64. The molecule has 0 saturated heterocycles. The Bertz CT molecular complexity index is 367. The largest absolute Gasteiger partial charge is 0.475 e. The lowest BCUT2D eigenvalue weighted by molar-refractivity contribution is -0.148. The van der Waals surface area contributed by atoms with E-state index in [0.29, 0.717) is 0 Å². The minimum absolute atomic E-state index is 0.514. The molecule has 0 bridgehead atoms. The van der Waals surface area contributed by atoms with Gasteiger partial charge in [0, 0.05) is 12.0 Å². The zero-order valence-electron chi connectivity index (χ0n) is 6.96. The van der Waals surface area contributed by atoms with Crippen molar-refractivity contribution in [2.24, 2.45) is 0 Å². The number of carboxylic acids is 1. The molecule has 0 spiro atoms. The van der Waals surface area contributed by atoms with E-state index in [9.17, 15) is 18.4 Å². The SMILES string of the molecule is O=C(O)C(=O)Cc1c(F)cccc1F. The number of hydrogen-bond donors (Lipinski definition) is 1. The van der Waals surface area contributed by atoms with Crippen molar-refractivity contribution in [1.82, 2.24) is 0 Å². The number of halogens is 2. The van der Waals surface area contributed by atoms with Crippen LogP contribution in [0.5, 0.6) is 0 Å². The summed E-state index contributed by atoms with van der Waals surface area (Å²) in [6, 6.07) is 3.07. The minimum Gasteiger partial charge on any atom is -0.475 e. The van der Waals surface area contributed by atoms with Gasteiger partial charge < -0.3 is 5.11 Å². The number of aliphatic carboxylic acids is 1. The lowest BCUT2D eigenvalue weighted by atomic mass is 10.1. The molecule has 5 heteroatoms. The number of ketones is 1. The molecule has 0 aliphatic carbocycles. The second kappa shape index (κ2) is 3.95. The number of benzene rings is 1. The predicted octanol–water partition coefficient (Wildman–Crippen LogP) is 1.16. The summed E-state index contributed by atoms with van der Waals surface area (Å²) >= 11 is 0. The van der Waals surface area contributed by atoms with E-state index in [-0.39, 0.29) is 0 Å². The molecule has 0 aliphatic rings. The lowest BCUT2D eigenvalue weighted by Gasteiger charge is -2.01. The third kappa shape index (κ3) is 2.12. The maximum Gasteiger partial charge on any atom is 0.372 e. The molecule has 0 atom stereocenters. The summed E-state index contributed by atoms with van der Waals surface area (Å²) in [5.41, 5.74) is -0.514. The van der Waals surface area contributed by atoms with Crippen LogP contribution < -0.4 is 0 Å². The number of carbonyl (C=O) groups is 2. The van der Waals surface area contributed by atoms with E-state index in [1.165, 1.54) is 0 Å². The van der Waals surface area contributed by atoms with Gasteiger partial charge in [0.15, 0.2) is 0 Å². The van der Waals surface area contributed by atoms with Gasteiger partial charge in [-0.2, -0.15) is 0 Å². The predicted molar refractivity (Wildman–Crippen MR) is 42.7 cm³/mol. The van der Waals surface area contributed by atoms with Gasteiger partial charge in [-0.1, -0.05) is 6.07 Å². The van der Waals surface area contributed by atoms with Crippen molar-refractivity contribution in [1.29, 1.82) is 0 Å². The molecular formula is C9H6F2O3. The lowest BCUT2D eigenvalue weighted by Crippen LogP contribution is -2.16. The van der Waals surface area contributed by atoms with Crippen LogP contribution in [0.1, 0.15) is 5.56 Å². The van der Waals surface area contributed by atoms with Crippen LogP contribution in [-0.2, 0) is 16.0 Å². The van der Waals surface area contributed by atoms with E-state index in [1.54, 1.807) is 0 Å². The van der Waals surface area contributed by atoms with Gasteiger partial charge >= 0.3 is 5.97 Å². The van der Waals surface area contributed by atoms with E-state index < -0.39 is 35.4 Å². The van der Waals surface area contributed by atoms with E-state index >= 15 is 0 Å². The van der Waals surface area contributed by atoms with Gasteiger partial charge in [0.2, 0.25) is 5.78 Å².